The predicted molar refractivity (Wildman–Crippen MR) is 86.8 cm³/mol. The molecule has 9 heteroatoms. The third-order valence-electron chi connectivity index (χ3n) is 3.84. The summed E-state index contributed by atoms with van der Waals surface area (Å²) in [6, 6.07) is -0.0236. The maximum absolute atomic E-state index is 12.4. The summed E-state index contributed by atoms with van der Waals surface area (Å²) in [6.45, 7) is 3.28. The van der Waals surface area contributed by atoms with Gasteiger partial charge in [-0.25, -0.2) is 4.98 Å². The summed E-state index contributed by atoms with van der Waals surface area (Å²) in [6.07, 6.45) is 5.52. The van der Waals surface area contributed by atoms with Crippen molar-refractivity contribution in [2.24, 2.45) is 0 Å². The molecule has 1 aliphatic heterocycles. The molecule has 0 spiro atoms. The number of carbonyl (C=O) groups excluding carboxylic acids is 1. The Hall–Kier alpha value is -2.29. The summed E-state index contributed by atoms with van der Waals surface area (Å²) in [5.74, 6) is 0.263. The minimum Gasteiger partial charge on any atom is -0.350 e. The summed E-state index contributed by atoms with van der Waals surface area (Å²) < 4.78 is 3.85. The molecule has 3 heterocycles. The van der Waals surface area contributed by atoms with Crippen LogP contribution in [0.5, 0.6) is 0 Å². The van der Waals surface area contributed by atoms with Gasteiger partial charge in [-0.1, -0.05) is 11.4 Å². The number of nitrogens with zero attached hydrogens (tertiary/aromatic N) is 4. The molecule has 122 valence electrons. The van der Waals surface area contributed by atoms with Gasteiger partial charge in [-0.3, -0.25) is 9.59 Å². The highest BCUT2D eigenvalue weighted by molar-refractivity contribution is 7.08. The number of piperidine rings is 1. The lowest BCUT2D eigenvalue weighted by atomic mass is 10.1. The molecular formula is C14H18N6O2S. The lowest BCUT2D eigenvalue weighted by Gasteiger charge is -2.33. The van der Waals surface area contributed by atoms with Crippen molar-refractivity contribution >= 4 is 23.3 Å². The maximum atomic E-state index is 12.4. The van der Waals surface area contributed by atoms with Gasteiger partial charge in [0.05, 0.1) is 5.69 Å². The molecule has 0 bridgehead atoms. The first-order valence-corrected chi connectivity index (χ1v) is 8.37. The monoisotopic (exact) mass is 334 g/mol. The molecule has 1 amide bonds. The van der Waals surface area contributed by atoms with E-state index in [1.54, 1.807) is 6.20 Å². The third-order valence-corrected chi connectivity index (χ3v) is 4.61. The van der Waals surface area contributed by atoms with Gasteiger partial charge in [-0.2, -0.15) is 0 Å². The van der Waals surface area contributed by atoms with E-state index in [1.807, 2.05) is 11.8 Å². The number of H-pyrrole nitrogens is 1. The zero-order valence-corrected chi connectivity index (χ0v) is 13.6. The van der Waals surface area contributed by atoms with Gasteiger partial charge in [0.1, 0.15) is 4.88 Å². The van der Waals surface area contributed by atoms with Gasteiger partial charge in [0.15, 0.2) is 5.82 Å². The van der Waals surface area contributed by atoms with Crippen LogP contribution in [0.15, 0.2) is 17.2 Å². The number of hydrogen-bond acceptors (Lipinski definition) is 7. The fourth-order valence-corrected chi connectivity index (χ4v) is 3.37. The number of aromatic nitrogens is 4. The standard InChI is InChI=1S/C14H18N6O2S/c1-2-10-11(23-19-18-10)13(21)17-9-4-3-7-20(8-9)12-14(22)16-6-5-15-12/h5-6,9H,2-4,7-8H2,1H3,(H,16,22)(H,17,21)/t9-/m1/s1. The molecule has 0 aliphatic carbocycles. The fourth-order valence-electron chi connectivity index (χ4n) is 2.72. The molecule has 1 saturated heterocycles. The second-order valence-electron chi connectivity index (χ2n) is 5.40. The van der Waals surface area contributed by atoms with Gasteiger partial charge in [0.25, 0.3) is 11.5 Å². The second kappa shape index (κ2) is 6.86. The predicted octanol–water partition coefficient (Wildman–Crippen LogP) is 0.583. The minimum atomic E-state index is -0.209. The van der Waals surface area contributed by atoms with Crippen molar-refractivity contribution in [2.75, 3.05) is 18.0 Å². The summed E-state index contributed by atoms with van der Waals surface area (Å²) in [5, 5.41) is 6.99. The Morgan fingerprint density at radius 3 is 3.22 bits per heavy atom. The van der Waals surface area contributed by atoms with Crippen molar-refractivity contribution in [3.05, 3.63) is 33.3 Å². The molecule has 1 aliphatic rings. The van der Waals surface area contributed by atoms with Crippen LogP contribution in [-0.4, -0.2) is 44.6 Å². The molecule has 0 saturated carbocycles. The van der Waals surface area contributed by atoms with E-state index in [9.17, 15) is 9.59 Å². The van der Waals surface area contributed by atoms with Crippen molar-refractivity contribution < 1.29 is 4.79 Å². The average Bonchev–Trinajstić information content (AvgIpc) is 3.04. The minimum absolute atomic E-state index is 0.0236. The Labute approximate surface area is 137 Å². The molecule has 0 aromatic carbocycles. The lowest BCUT2D eigenvalue weighted by molar-refractivity contribution is 0.0936. The van der Waals surface area contributed by atoms with Crippen LogP contribution >= 0.6 is 11.5 Å². The summed E-state index contributed by atoms with van der Waals surface area (Å²) in [4.78, 5) is 33.5. The van der Waals surface area contributed by atoms with E-state index in [4.69, 9.17) is 0 Å². The highest BCUT2D eigenvalue weighted by Crippen LogP contribution is 2.16. The van der Waals surface area contributed by atoms with Crippen LogP contribution in [0.1, 0.15) is 35.1 Å². The summed E-state index contributed by atoms with van der Waals surface area (Å²) in [7, 11) is 0. The number of rotatable bonds is 4. The van der Waals surface area contributed by atoms with Gasteiger partial charge in [-0.05, 0) is 30.8 Å². The molecule has 2 N–H and O–H groups in total. The molecule has 1 fully saturated rings. The Kier molecular flexibility index (Phi) is 4.65. The number of hydrogen-bond donors (Lipinski definition) is 2. The molecule has 23 heavy (non-hydrogen) atoms. The van der Waals surface area contributed by atoms with Crippen molar-refractivity contribution in [3.8, 4) is 0 Å². The molecular weight excluding hydrogens is 316 g/mol. The second-order valence-corrected chi connectivity index (χ2v) is 6.16. The number of amides is 1. The van der Waals surface area contributed by atoms with E-state index < -0.39 is 0 Å². The zero-order valence-electron chi connectivity index (χ0n) is 12.8. The Balaban J connectivity index is 1.69. The average molecular weight is 334 g/mol. The Morgan fingerprint density at radius 2 is 2.43 bits per heavy atom. The van der Waals surface area contributed by atoms with E-state index >= 15 is 0 Å². The molecule has 0 unspecified atom stereocenters. The van der Waals surface area contributed by atoms with E-state index in [1.165, 1.54) is 6.20 Å². The number of aromatic amines is 1. The summed E-state index contributed by atoms with van der Waals surface area (Å²) in [5.41, 5.74) is 0.515. The Bertz CT molecular complexity index is 743. The van der Waals surface area contributed by atoms with Gasteiger partial charge in [0, 0.05) is 31.5 Å². The molecule has 0 radical (unpaired) electrons. The normalized spacial score (nSPS) is 18.0. The zero-order chi connectivity index (χ0) is 16.2. The van der Waals surface area contributed by atoms with Gasteiger partial charge >= 0.3 is 0 Å². The van der Waals surface area contributed by atoms with Crippen LogP contribution in [0, 0.1) is 0 Å². The van der Waals surface area contributed by atoms with Gasteiger partial charge < -0.3 is 15.2 Å². The number of anilines is 1. The van der Waals surface area contributed by atoms with Crippen molar-refractivity contribution in [3.63, 3.8) is 0 Å². The largest absolute Gasteiger partial charge is 0.350 e. The molecule has 1 atom stereocenters. The van der Waals surface area contributed by atoms with Gasteiger partial charge in [-0.15, -0.1) is 5.10 Å². The molecule has 3 rings (SSSR count). The fraction of sp³-hybridized carbons (Fsp3) is 0.500. The van der Waals surface area contributed by atoms with Crippen LogP contribution in [0.3, 0.4) is 0 Å². The number of carbonyl (C=O) groups is 1. The quantitative estimate of drug-likeness (QED) is 0.848. The van der Waals surface area contributed by atoms with Crippen LogP contribution in [0.25, 0.3) is 0 Å². The lowest BCUT2D eigenvalue weighted by Crippen LogP contribution is -2.49. The van der Waals surface area contributed by atoms with Gasteiger partial charge in [0.2, 0.25) is 0 Å². The van der Waals surface area contributed by atoms with Crippen LogP contribution in [0.4, 0.5) is 5.82 Å². The first kappa shape index (κ1) is 15.6. The SMILES string of the molecule is CCc1nnsc1C(=O)N[C@@H]1CCCN(c2ncc[nH]c2=O)C1. The van der Waals surface area contributed by atoms with Crippen LogP contribution < -0.4 is 15.8 Å². The van der Waals surface area contributed by atoms with E-state index in [2.05, 4.69) is 24.9 Å². The van der Waals surface area contributed by atoms with E-state index in [-0.39, 0.29) is 17.5 Å². The summed E-state index contributed by atoms with van der Waals surface area (Å²) >= 11 is 1.12. The topological polar surface area (TPSA) is 104 Å². The van der Waals surface area contributed by atoms with E-state index in [0.29, 0.717) is 23.7 Å². The highest BCUT2D eigenvalue weighted by Gasteiger charge is 2.25. The molecule has 2 aromatic heterocycles. The molecule has 2 aromatic rings. The highest BCUT2D eigenvalue weighted by atomic mass is 32.1. The number of nitrogens with one attached hydrogen (secondary N) is 2. The van der Waals surface area contributed by atoms with Crippen molar-refractivity contribution in [1.82, 2.24) is 24.9 Å². The van der Waals surface area contributed by atoms with E-state index in [0.717, 1.165) is 36.6 Å². The Morgan fingerprint density at radius 1 is 1.57 bits per heavy atom. The first-order valence-electron chi connectivity index (χ1n) is 7.59. The van der Waals surface area contributed by atoms with Crippen molar-refractivity contribution in [1.29, 1.82) is 0 Å². The van der Waals surface area contributed by atoms with Crippen LogP contribution in [0.2, 0.25) is 0 Å². The third kappa shape index (κ3) is 3.39. The number of aryl methyl sites for hydroxylation is 1. The van der Waals surface area contributed by atoms with Crippen LogP contribution in [-0.2, 0) is 6.42 Å². The first-order chi connectivity index (χ1) is 11.2. The smallest absolute Gasteiger partial charge is 0.290 e. The maximum Gasteiger partial charge on any atom is 0.290 e. The molecule has 8 nitrogen and oxygen atoms in total. The van der Waals surface area contributed by atoms with Crippen molar-refractivity contribution in [2.45, 2.75) is 32.2 Å².